The number of nitrogens with zero attached hydrogens (tertiary/aromatic N) is 2. The normalized spacial score (nSPS) is 14.6. The standard InChI is InChI=1S/C17H18ClN3O2/c18-15-5-3-13(4-6-15)17(22)20-12-14-2-1-7-19-16(14)21-8-10-23-11-9-21/h1-7H,8-12H2,(H,20,22). The zero-order valence-corrected chi connectivity index (χ0v) is 13.4. The summed E-state index contributed by atoms with van der Waals surface area (Å²) in [6, 6.07) is 10.7. The van der Waals surface area contributed by atoms with Gasteiger partial charge in [-0.25, -0.2) is 4.98 Å². The Hall–Kier alpha value is -2.11. The molecule has 1 aromatic carbocycles. The van der Waals surface area contributed by atoms with Crippen LogP contribution in [-0.2, 0) is 11.3 Å². The molecule has 0 saturated carbocycles. The molecule has 1 amide bonds. The quantitative estimate of drug-likeness (QED) is 0.935. The second-order valence-electron chi connectivity index (χ2n) is 5.28. The van der Waals surface area contributed by atoms with E-state index in [2.05, 4.69) is 15.2 Å². The first-order chi connectivity index (χ1) is 11.2. The summed E-state index contributed by atoms with van der Waals surface area (Å²) in [4.78, 5) is 18.9. The zero-order chi connectivity index (χ0) is 16.1. The van der Waals surface area contributed by atoms with Crippen LogP contribution in [0.15, 0.2) is 42.6 Å². The maximum atomic E-state index is 12.2. The number of carbonyl (C=O) groups excluding carboxylic acids is 1. The Kier molecular flexibility index (Phi) is 5.10. The molecule has 23 heavy (non-hydrogen) atoms. The maximum absolute atomic E-state index is 12.2. The minimum Gasteiger partial charge on any atom is -0.378 e. The summed E-state index contributed by atoms with van der Waals surface area (Å²) in [5, 5.41) is 3.55. The molecule has 120 valence electrons. The fraction of sp³-hybridized carbons (Fsp3) is 0.294. The average molecular weight is 332 g/mol. The third-order valence-electron chi connectivity index (χ3n) is 3.72. The van der Waals surface area contributed by atoms with Crippen LogP contribution in [0.2, 0.25) is 5.02 Å². The van der Waals surface area contributed by atoms with Crippen LogP contribution in [0.1, 0.15) is 15.9 Å². The molecular weight excluding hydrogens is 314 g/mol. The van der Waals surface area contributed by atoms with Crippen LogP contribution < -0.4 is 10.2 Å². The van der Waals surface area contributed by atoms with Crippen LogP contribution in [0.25, 0.3) is 0 Å². The first-order valence-electron chi connectivity index (χ1n) is 7.54. The monoisotopic (exact) mass is 331 g/mol. The number of hydrogen-bond acceptors (Lipinski definition) is 4. The van der Waals surface area contributed by atoms with Gasteiger partial charge in [0.2, 0.25) is 0 Å². The molecule has 1 fully saturated rings. The van der Waals surface area contributed by atoms with Crippen molar-refractivity contribution >= 4 is 23.3 Å². The third-order valence-corrected chi connectivity index (χ3v) is 3.98. The molecule has 1 aliphatic heterocycles. The van der Waals surface area contributed by atoms with Crippen molar-refractivity contribution in [1.82, 2.24) is 10.3 Å². The number of rotatable bonds is 4. The molecule has 0 spiro atoms. The Morgan fingerprint density at radius 3 is 2.70 bits per heavy atom. The number of aromatic nitrogens is 1. The molecule has 0 aliphatic carbocycles. The minimum atomic E-state index is -0.126. The van der Waals surface area contributed by atoms with E-state index >= 15 is 0 Å². The molecule has 5 nitrogen and oxygen atoms in total. The number of morpholine rings is 1. The van der Waals surface area contributed by atoms with Gasteiger partial charge < -0.3 is 15.0 Å². The van der Waals surface area contributed by atoms with Gasteiger partial charge >= 0.3 is 0 Å². The number of carbonyl (C=O) groups is 1. The predicted octanol–water partition coefficient (Wildman–Crippen LogP) is 2.50. The van der Waals surface area contributed by atoms with Gasteiger partial charge in [-0.05, 0) is 30.3 Å². The van der Waals surface area contributed by atoms with E-state index in [1.165, 1.54) is 0 Å². The van der Waals surface area contributed by atoms with Gasteiger partial charge in [-0.1, -0.05) is 17.7 Å². The van der Waals surface area contributed by atoms with Crippen molar-refractivity contribution < 1.29 is 9.53 Å². The van der Waals surface area contributed by atoms with E-state index in [1.54, 1.807) is 30.5 Å². The summed E-state index contributed by atoms with van der Waals surface area (Å²) in [6.45, 7) is 3.46. The number of ether oxygens (including phenoxy) is 1. The lowest BCUT2D eigenvalue weighted by Crippen LogP contribution is -2.37. The highest BCUT2D eigenvalue weighted by Gasteiger charge is 2.16. The van der Waals surface area contributed by atoms with Crippen LogP contribution in [0.3, 0.4) is 0 Å². The number of halogens is 1. The fourth-order valence-electron chi connectivity index (χ4n) is 2.51. The second-order valence-corrected chi connectivity index (χ2v) is 5.71. The van der Waals surface area contributed by atoms with Gasteiger partial charge in [0.15, 0.2) is 0 Å². The van der Waals surface area contributed by atoms with Gasteiger partial charge in [-0.3, -0.25) is 4.79 Å². The van der Waals surface area contributed by atoms with E-state index in [0.29, 0.717) is 30.3 Å². The number of hydrogen-bond donors (Lipinski definition) is 1. The van der Waals surface area contributed by atoms with Gasteiger partial charge in [-0.15, -0.1) is 0 Å². The lowest BCUT2D eigenvalue weighted by atomic mass is 10.2. The summed E-state index contributed by atoms with van der Waals surface area (Å²) < 4.78 is 5.38. The molecule has 0 bridgehead atoms. The largest absolute Gasteiger partial charge is 0.378 e. The second kappa shape index (κ2) is 7.44. The third kappa shape index (κ3) is 4.00. The zero-order valence-electron chi connectivity index (χ0n) is 12.7. The highest BCUT2D eigenvalue weighted by atomic mass is 35.5. The van der Waals surface area contributed by atoms with E-state index in [1.807, 2.05) is 12.1 Å². The van der Waals surface area contributed by atoms with Crippen molar-refractivity contribution in [2.45, 2.75) is 6.54 Å². The van der Waals surface area contributed by atoms with Crippen molar-refractivity contribution in [3.63, 3.8) is 0 Å². The lowest BCUT2D eigenvalue weighted by molar-refractivity contribution is 0.0950. The topological polar surface area (TPSA) is 54.5 Å². The molecular formula is C17H18ClN3O2. The summed E-state index contributed by atoms with van der Waals surface area (Å²) in [5.74, 6) is 0.783. The molecule has 2 heterocycles. The summed E-state index contributed by atoms with van der Waals surface area (Å²) in [6.07, 6.45) is 1.77. The molecule has 1 saturated heterocycles. The van der Waals surface area contributed by atoms with E-state index < -0.39 is 0 Å². The van der Waals surface area contributed by atoms with E-state index in [9.17, 15) is 4.79 Å². The highest BCUT2D eigenvalue weighted by molar-refractivity contribution is 6.30. The van der Waals surface area contributed by atoms with Gasteiger partial charge in [-0.2, -0.15) is 0 Å². The summed E-state index contributed by atoms with van der Waals surface area (Å²) in [7, 11) is 0. The molecule has 3 rings (SSSR count). The first kappa shape index (κ1) is 15.8. The molecule has 1 aliphatic rings. The number of anilines is 1. The van der Waals surface area contributed by atoms with E-state index in [0.717, 1.165) is 24.5 Å². The summed E-state index contributed by atoms with van der Waals surface area (Å²) in [5.41, 5.74) is 1.59. The van der Waals surface area contributed by atoms with Crippen LogP contribution in [0.5, 0.6) is 0 Å². The van der Waals surface area contributed by atoms with Crippen LogP contribution in [0, 0.1) is 0 Å². The molecule has 0 unspecified atom stereocenters. The lowest BCUT2D eigenvalue weighted by Gasteiger charge is -2.29. The van der Waals surface area contributed by atoms with Gasteiger partial charge in [0.05, 0.1) is 13.2 Å². The van der Waals surface area contributed by atoms with Crippen LogP contribution in [0.4, 0.5) is 5.82 Å². The smallest absolute Gasteiger partial charge is 0.251 e. The Morgan fingerprint density at radius 1 is 1.22 bits per heavy atom. The van der Waals surface area contributed by atoms with Gasteiger partial charge in [0, 0.05) is 42.0 Å². The SMILES string of the molecule is O=C(NCc1cccnc1N1CCOCC1)c1ccc(Cl)cc1. The Balaban J connectivity index is 1.68. The van der Waals surface area contributed by atoms with Crippen LogP contribution >= 0.6 is 11.6 Å². The van der Waals surface area contributed by atoms with Crippen molar-refractivity contribution in [2.24, 2.45) is 0 Å². The van der Waals surface area contributed by atoms with Crippen molar-refractivity contribution in [3.8, 4) is 0 Å². The number of nitrogens with one attached hydrogen (secondary N) is 1. The Bertz CT molecular complexity index is 670. The Labute approximate surface area is 140 Å². The van der Waals surface area contributed by atoms with Gasteiger partial charge in [0.25, 0.3) is 5.91 Å². The summed E-state index contributed by atoms with van der Waals surface area (Å²) >= 11 is 5.84. The van der Waals surface area contributed by atoms with Gasteiger partial charge in [0.1, 0.15) is 5.82 Å². The van der Waals surface area contributed by atoms with E-state index in [4.69, 9.17) is 16.3 Å². The number of benzene rings is 1. The Morgan fingerprint density at radius 2 is 1.96 bits per heavy atom. The molecule has 1 N–H and O–H groups in total. The highest BCUT2D eigenvalue weighted by Crippen LogP contribution is 2.18. The van der Waals surface area contributed by atoms with E-state index in [-0.39, 0.29) is 5.91 Å². The first-order valence-corrected chi connectivity index (χ1v) is 7.92. The van der Waals surface area contributed by atoms with Crippen LogP contribution in [-0.4, -0.2) is 37.2 Å². The molecule has 0 atom stereocenters. The molecule has 1 aromatic heterocycles. The number of pyridine rings is 1. The van der Waals surface area contributed by atoms with Crippen molar-refractivity contribution in [2.75, 3.05) is 31.2 Å². The molecule has 2 aromatic rings. The maximum Gasteiger partial charge on any atom is 0.251 e. The minimum absolute atomic E-state index is 0.126. The molecule has 6 heteroatoms. The van der Waals surface area contributed by atoms with Crippen molar-refractivity contribution in [1.29, 1.82) is 0 Å². The van der Waals surface area contributed by atoms with Crippen molar-refractivity contribution in [3.05, 3.63) is 58.7 Å². The fourth-order valence-corrected chi connectivity index (χ4v) is 2.63. The average Bonchev–Trinajstić information content (AvgIpc) is 2.61. The molecule has 0 radical (unpaired) electrons. The number of amides is 1. The predicted molar refractivity (Wildman–Crippen MR) is 89.9 cm³/mol.